The van der Waals surface area contributed by atoms with Gasteiger partial charge in [0.2, 0.25) is 5.91 Å². The molecule has 1 unspecified atom stereocenters. The Hall–Kier alpha value is -1.02. The standard InChI is InChI=1S/C14H18ClNO/c1-9-5-4-6-16(14(9)17)13-10(2)7-12(15)8-11(13)3/h7-9H,4-6H2,1-3H3. The Kier molecular flexibility index (Phi) is 3.43. The van der Waals surface area contributed by atoms with Crippen molar-refractivity contribution >= 4 is 23.2 Å². The third kappa shape index (κ3) is 2.32. The monoisotopic (exact) mass is 251 g/mol. The maximum absolute atomic E-state index is 12.2. The van der Waals surface area contributed by atoms with Gasteiger partial charge in [-0.25, -0.2) is 0 Å². The summed E-state index contributed by atoms with van der Waals surface area (Å²) in [5, 5.41) is 0.737. The Morgan fingerprint density at radius 1 is 1.29 bits per heavy atom. The van der Waals surface area contributed by atoms with E-state index < -0.39 is 0 Å². The number of hydrogen-bond donors (Lipinski definition) is 0. The predicted octanol–water partition coefficient (Wildman–Crippen LogP) is 3.72. The lowest BCUT2D eigenvalue weighted by Crippen LogP contribution is -2.41. The molecule has 0 aromatic heterocycles. The van der Waals surface area contributed by atoms with E-state index in [1.54, 1.807) is 0 Å². The number of rotatable bonds is 1. The van der Waals surface area contributed by atoms with E-state index in [4.69, 9.17) is 11.6 Å². The molecule has 1 aliphatic rings. The largest absolute Gasteiger partial charge is 0.312 e. The molecule has 0 aliphatic carbocycles. The smallest absolute Gasteiger partial charge is 0.229 e. The minimum Gasteiger partial charge on any atom is -0.312 e. The van der Waals surface area contributed by atoms with Gasteiger partial charge in [0.1, 0.15) is 0 Å². The molecule has 0 bridgehead atoms. The highest BCUT2D eigenvalue weighted by Crippen LogP contribution is 2.32. The van der Waals surface area contributed by atoms with Crippen molar-refractivity contribution in [2.75, 3.05) is 11.4 Å². The summed E-state index contributed by atoms with van der Waals surface area (Å²) in [4.78, 5) is 14.1. The Morgan fingerprint density at radius 3 is 2.47 bits per heavy atom. The average molecular weight is 252 g/mol. The summed E-state index contributed by atoms with van der Waals surface area (Å²) in [6.07, 6.45) is 2.08. The van der Waals surface area contributed by atoms with E-state index >= 15 is 0 Å². The summed E-state index contributed by atoms with van der Waals surface area (Å²) in [5.41, 5.74) is 3.21. The SMILES string of the molecule is Cc1cc(Cl)cc(C)c1N1CCCC(C)C1=O. The third-order valence-electron chi connectivity index (χ3n) is 3.43. The molecule has 1 heterocycles. The molecule has 1 atom stereocenters. The Morgan fingerprint density at radius 2 is 1.88 bits per heavy atom. The molecular weight excluding hydrogens is 234 g/mol. The number of halogens is 1. The molecule has 1 amide bonds. The second-order valence-corrected chi connectivity index (χ2v) is 5.36. The van der Waals surface area contributed by atoms with Crippen molar-refractivity contribution < 1.29 is 4.79 Å². The first kappa shape index (κ1) is 12.4. The number of amides is 1. The van der Waals surface area contributed by atoms with Gasteiger partial charge in [-0.15, -0.1) is 0 Å². The molecule has 92 valence electrons. The van der Waals surface area contributed by atoms with Gasteiger partial charge in [0.05, 0.1) is 0 Å². The van der Waals surface area contributed by atoms with E-state index in [9.17, 15) is 4.79 Å². The fraction of sp³-hybridized carbons (Fsp3) is 0.500. The summed E-state index contributed by atoms with van der Waals surface area (Å²) in [6.45, 7) is 6.86. The summed E-state index contributed by atoms with van der Waals surface area (Å²) < 4.78 is 0. The maximum atomic E-state index is 12.2. The zero-order valence-electron chi connectivity index (χ0n) is 10.6. The molecule has 0 N–H and O–H groups in total. The highest BCUT2D eigenvalue weighted by Gasteiger charge is 2.28. The molecule has 1 aromatic rings. The van der Waals surface area contributed by atoms with Crippen LogP contribution in [-0.4, -0.2) is 12.5 Å². The van der Waals surface area contributed by atoms with Gasteiger partial charge in [-0.1, -0.05) is 18.5 Å². The minimum absolute atomic E-state index is 0.137. The van der Waals surface area contributed by atoms with Crippen molar-refractivity contribution in [3.63, 3.8) is 0 Å². The van der Waals surface area contributed by atoms with Gasteiger partial charge in [-0.2, -0.15) is 0 Å². The molecule has 1 aliphatic heterocycles. The van der Waals surface area contributed by atoms with Crippen LogP contribution in [0.5, 0.6) is 0 Å². The molecule has 0 radical (unpaired) electrons. The molecular formula is C14H18ClNO. The molecule has 17 heavy (non-hydrogen) atoms. The van der Waals surface area contributed by atoms with Crippen LogP contribution in [0.1, 0.15) is 30.9 Å². The van der Waals surface area contributed by atoms with Gasteiger partial charge in [0.25, 0.3) is 0 Å². The zero-order chi connectivity index (χ0) is 12.6. The van der Waals surface area contributed by atoms with E-state index in [0.29, 0.717) is 0 Å². The van der Waals surface area contributed by atoms with E-state index in [2.05, 4.69) is 0 Å². The van der Waals surface area contributed by atoms with Gasteiger partial charge in [-0.3, -0.25) is 4.79 Å². The Balaban J connectivity index is 2.43. The molecule has 0 spiro atoms. The van der Waals surface area contributed by atoms with E-state index in [1.807, 2.05) is 37.8 Å². The van der Waals surface area contributed by atoms with Gasteiger partial charge < -0.3 is 4.90 Å². The van der Waals surface area contributed by atoms with Crippen LogP contribution in [0.3, 0.4) is 0 Å². The van der Waals surface area contributed by atoms with Crippen LogP contribution in [0.15, 0.2) is 12.1 Å². The van der Waals surface area contributed by atoms with Crippen LogP contribution in [-0.2, 0) is 4.79 Å². The first-order valence-corrected chi connectivity index (χ1v) is 6.46. The molecule has 1 aromatic carbocycles. The zero-order valence-corrected chi connectivity index (χ0v) is 11.3. The fourth-order valence-electron chi connectivity index (χ4n) is 2.61. The Bertz CT molecular complexity index is 433. The lowest BCUT2D eigenvalue weighted by Gasteiger charge is -2.33. The highest BCUT2D eigenvalue weighted by atomic mass is 35.5. The summed E-state index contributed by atoms with van der Waals surface area (Å²) >= 11 is 6.02. The van der Waals surface area contributed by atoms with Crippen molar-refractivity contribution in [2.45, 2.75) is 33.6 Å². The number of piperidine rings is 1. The first-order valence-electron chi connectivity index (χ1n) is 6.09. The van der Waals surface area contributed by atoms with Gasteiger partial charge in [0, 0.05) is 23.2 Å². The van der Waals surface area contributed by atoms with E-state index in [0.717, 1.165) is 41.2 Å². The van der Waals surface area contributed by atoms with Crippen molar-refractivity contribution in [3.8, 4) is 0 Å². The molecule has 1 fully saturated rings. The molecule has 1 saturated heterocycles. The van der Waals surface area contributed by atoms with Crippen LogP contribution in [0.2, 0.25) is 5.02 Å². The van der Waals surface area contributed by atoms with Crippen LogP contribution in [0.25, 0.3) is 0 Å². The molecule has 3 heteroatoms. The topological polar surface area (TPSA) is 20.3 Å². The van der Waals surface area contributed by atoms with Gasteiger partial charge in [-0.05, 0) is 49.9 Å². The second-order valence-electron chi connectivity index (χ2n) is 4.92. The molecule has 0 saturated carbocycles. The average Bonchev–Trinajstić information content (AvgIpc) is 2.23. The highest BCUT2D eigenvalue weighted by molar-refractivity contribution is 6.30. The van der Waals surface area contributed by atoms with E-state index in [-0.39, 0.29) is 11.8 Å². The van der Waals surface area contributed by atoms with Gasteiger partial charge >= 0.3 is 0 Å². The minimum atomic E-state index is 0.137. The number of anilines is 1. The van der Waals surface area contributed by atoms with E-state index in [1.165, 1.54) is 0 Å². The Labute approximate surface area is 108 Å². The first-order chi connectivity index (χ1) is 8.00. The number of hydrogen-bond acceptors (Lipinski definition) is 1. The fourth-order valence-corrected chi connectivity index (χ4v) is 2.93. The van der Waals surface area contributed by atoms with Crippen molar-refractivity contribution in [1.29, 1.82) is 0 Å². The summed E-state index contributed by atoms with van der Waals surface area (Å²) in [5.74, 6) is 0.378. The lowest BCUT2D eigenvalue weighted by molar-refractivity contribution is -0.123. The number of nitrogens with zero attached hydrogens (tertiary/aromatic N) is 1. The normalized spacial score (nSPS) is 20.8. The van der Waals surface area contributed by atoms with Crippen molar-refractivity contribution in [3.05, 3.63) is 28.3 Å². The van der Waals surface area contributed by atoms with Crippen LogP contribution >= 0.6 is 11.6 Å². The van der Waals surface area contributed by atoms with Crippen LogP contribution < -0.4 is 4.90 Å². The molecule has 2 nitrogen and oxygen atoms in total. The summed E-state index contributed by atoms with van der Waals surface area (Å²) in [7, 11) is 0. The predicted molar refractivity (Wildman–Crippen MR) is 71.7 cm³/mol. The third-order valence-corrected chi connectivity index (χ3v) is 3.65. The number of carbonyl (C=O) groups excluding carboxylic acids is 1. The van der Waals surface area contributed by atoms with Crippen molar-refractivity contribution in [1.82, 2.24) is 0 Å². The quantitative estimate of drug-likeness (QED) is 0.745. The van der Waals surface area contributed by atoms with Gasteiger partial charge in [0.15, 0.2) is 0 Å². The number of carbonyl (C=O) groups is 1. The van der Waals surface area contributed by atoms with Crippen LogP contribution in [0.4, 0.5) is 5.69 Å². The number of aryl methyl sites for hydroxylation is 2. The second kappa shape index (κ2) is 4.69. The molecule has 2 rings (SSSR count). The maximum Gasteiger partial charge on any atom is 0.229 e. The summed E-state index contributed by atoms with van der Waals surface area (Å²) in [6, 6.07) is 3.85. The number of benzene rings is 1. The van der Waals surface area contributed by atoms with Crippen molar-refractivity contribution in [2.24, 2.45) is 5.92 Å². The van der Waals surface area contributed by atoms with Crippen LogP contribution in [0, 0.1) is 19.8 Å². The lowest BCUT2D eigenvalue weighted by atomic mass is 9.97.